The van der Waals surface area contributed by atoms with Crippen molar-refractivity contribution < 1.29 is 17.9 Å². The van der Waals surface area contributed by atoms with Gasteiger partial charge in [0.05, 0.1) is 4.90 Å². The van der Waals surface area contributed by atoms with Gasteiger partial charge in [0.15, 0.2) is 0 Å². The first-order valence-electron chi connectivity index (χ1n) is 11.3. The molecule has 0 radical (unpaired) electrons. The molecule has 0 aromatic heterocycles. The van der Waals surface area contributed by atoms with Crippen molar-refractivity contribution >= 4 is 22.0 Å². The maximum Gasteiger partial charge on any atom is 0.246 e. The van der Waals surface area contributed by atoms with E-state index >= 15 is 0 Å². The summed E-state index contributed by atoms with van der Waals surface area (Å²) in [6.45, 7) is 1.49. The second kappa shape index (κ2) is 11.1. The van der Waals surface area contributed by atoms with Crippen LogP contribution in [0.25, 0.3) is 6.08 Å². The summed E-state index contributed by atoms with van der Waals surface area (Å²) in [7, 11) is -3.55. The maximum atomic E-state index is 12.6. The lowest BCUT2D eigenvalue weighted by molar-refractivity contribution is -0.126. The molecule has 34 heavy (non-hydrogen) atoms. The zero-order valence-corrected chi connectivity index (χ0v) is 19.7. The van der Waals surface area contributed by atoms with Crippen LogP contribution in [0.2, 0.25) is 0 Å². The minimum absolute atomic E-state index is 0.0834. The molecule has 0 unspecified atom stereocenters. The summed E-state index contributed by atoms with van der Waals surface area (Å²) < 4.78 is 33.6. The number of piperidine rings is 1. The second-order valence-corrected chi connectivity index (χ2v) is 9.93. The molecule has 7 heteroatoms. The van der Waals surface area contributed by atoms with Crippen molar-refractivity contribution in [3.8, 4) is 5.75 Å². The highest BCUT2D eigenvalue weighted by molar-refractivity contribution is 7.89. The molecule has 1 saturated heterocycles. The number of nitrogens with zero attached hydrogens (tertiary/aromatic N) is 1. The molecule has 0 bridgehead atoms. The van der Waals surface area contributed by atoms with Gasteiger partial charge in [0.25, 0.3) is 0 Å². The number of carbonyl (C=O) groups excluding carboxylic acids is 1. The highest BCUT2D eigenvalue weighted by Gasteiger charge is 2.25. The van der Waals surface area contributed by atoms with Gasteiger partial charge in [0.1, 0.15) is 12.4 Å². The highest BCUT2D eigenvalue weighted by Crippen LogP contribution is 2.18. The Morgan fingerprint density at radius 1 is 0.941 bits per heavy atom. The summed E-state index contributed by atoms with van der Waals surface area (Å²) in [4.78, 5) is 14.7. The number of amides is 1. The lowest BCUT2D eigenvalue weighted by Gasteiger charge is -2.31. The monoisotopic (exact) mass is 476 g/mol. The third-order valence-electron chi connectivity index (χ3n) is 5.71. The molecule has 1 fully saturated rings. The van der Waals surface area contributed by atoms with Gasteiger partial charge in [-0.2, -0.15) is 0 Å². The number of likely N-dealkylation sites (tertiary alicyclic amines) is 1. The second-order valence-electron chi connectivity index (χ2n) is 8.21. The molecule has 1 amide bonds. The zero-order valence-electron chi connectivity index (χ0n) is 18.8. The first-order chi connectivity index (χ1) is 16.5. The van der Waals surface area contributed by atoms with Crippen LogP contribution < -0.4 is 9.46 Å². The van der Waals surface area contributed by atoms with Gasteiger partial charge in [0, 0.05) is 25.2 Å². The smallest absolute Gasteiger partial charge is 0.246 e. The van der Waals surface area contributed by atoms with E-state index in [-0.39, 0.29) is 16.8 Å². The average molecular weight is 477 g/mol. The number of hydrogen-bond acceptors (Lipinski definition) is 4. The molecule has 0 spiro atoms. The molecule has 0 saturated carbocycles. The van der Waals surface area contributed by atoms with Crippen LogP contribution in [0, 0.1) is 0 Å². The van der Waals surface area contributed by atoms with Gasteiger partial charge < -0.3 is 9.64 Å². The van der Waals surface area contributed by atoms with Gasteiger partial charge in [-0.1, -0.05) is 60.7 Å². The Hall–Kier alpha value is -3.42. The number of ether oxygens (including phenoxy) is 1. The van der Waals surface area contributed by atoms with E-state index in [4.69, 9.17) is 4.74 Å². The van der Waals surface area contributed by atoms with Gasteiger partial charge >= 0.3 is 0 Å². The zero-order chi connectivity index (χ0) is 23.8. The Bertz CT molecular complexity index is 1220. The van der Waals surface area contributed by atoms with Crippen LogP contribution in [-0.4, -0.2) is 38.4 Å². The van der Waals surface area contributed by atoms with E-state index in [1.54, 1.807) is 47.4 Å². The molecule has 1 aliphatic rings. The van der Waals surface area contributed by atoms with E-state index in [1.807, 2.05) is 54.6 Å². The molecule has 1 aliphatic heterocycles. The van der Waals surface area contributed by atoms with Crippen molar-refractivity contribution in [3.05, 3.63) is 102 Å². The molecule has 0 atom stereocenters. The Morgan fingerprint density at radius 2 is 1.62 bits per heavy atom. The van der Waals surface area contributed by atoms with Crippen LogP contribution in [0.4, 0.5) is 0 Å². The molecule has 3 aromatic rings. The first kappa shape index (κ1) is 23.7. The topological polar surface area (TPSA) is 75.7 Å². The Labute approximate surface area is 200 Å². The summed E-state index contributed by atoms with van der Waals surface area (Å²) in [5, 5.41) is 0. The normalized spacial score (nSPS) is 14.9. The van der Waals surface area contributed by atoms with E-state index in [1.165, 1.54) is 0 Å². The van der Waals surface area contributed by atoms with Crippen LogP contribution in [0.5, 0.6) is 5.75 Å². The van der Waals surface area contributed by atoms with Crippen molar-refractivity contribution in [1.82, 2.24) is 9.62 Å². The van der Waals surface area contributed by atoms with Crippen molar-refractivity contribution in [2.45, 2.75) is 30.4 Å². The fourth-order valence-corrected chi connectivity index (χ4v) is 5.15. The number of hydrogen-bond donors (Lipinski definition) is 1. The summed E-state index contributed by atoms with van der Waals surface area (Å²) in [6.07, 6.45) is 4.50. The lowest BCUT2D eigenvalue weighted by atomic mass is 10.1. The number of rotatable bonds is 8. The van der Waals surface area contributed by atoms with E-state index in [2.05, 4.69) is 4.72 Å². The molecule has 176 valence electrons. The van der Waals surface area contributed by atoms with Crippen LogP contribution in [0.3, 0.4) is 0 Å². The van der Waals surface area contributed by atoms with E-state index in [0.29, 0.717) is 32.5 Å². The van der Waals surface area contributed by atoms with Gasteiger partial charge in [0.2, 0.25) is 15.9 Å². The van der Waals surface area contributed by atoms with Crippen LogP contribution >= 0.6 is 0 Å². The predicted molar refractivity (Wildman–Crippen MR) is 133 cm³/mol. The third kappa shape index (κ3) is 6.56. The highest BCUT2D eigenvalue weighted by atomic mass is 32.2. The maximum absolute atomic E-state index is 12.6. The molecule has 1 heterocycles. The summed E-state index contributed by atoms with van der Waals surface area (Å²) in [5.41, 5.74) is 1.97. The van der Waals surface area contributed by atoms with Gasteiger partial charge in [-0.25, -0.2) is 13.1 Å². The summed E-state index contributed by atoms with van der Waals surface area (Å²) in [5.74, 6) is 0.657. The fraction of sp³-hybridized carbons (Fsp3) is 0.222. The van der Waals surface area contributed by atoms with Crippen molar-refractivity contribution in [3.63, 3.8) is 0 Å². The van der Waals surface area contributed by atoms with Crippen molar-refractivity contribution in [2.75, 3.05) is 13.1 Å². The Balaban J connectivity index is 1.27. The fourth-order valence-electron chi connectivity index (χ4n) is 3.83. The Kier molecular flexibility index (Phi) is 7.77. The lowest BCUT2D eigenvalue weighted by Crippen LogP contribution is -2.46. The largest absolute Gasteiger partial charge is 0.489 e. The summed E-state index contributed by atoms with van der Waals surface area (Å²) >= 11 is 0. The first-order valence-corrected chi connectivity index (χ1v) is 12.8. The van der Waals surface area contributed by atoms with Crippen LogP contribution in [0.1, 0.15) is 24.0 Å². The van der Waals surface area contributed by atoms with E-state index in [9.17, 15) is 13.2 Å². The minimum atomic E-state index is -3.55. The van der Waals surface area contributed by atoms with E-state index in [0.717, 1.165) is 16.9 Å². The molecular formula is C27H28N2O4S. The predicted octanol–water partition coefficient (Wildman–Crippen LogP) is 4.25. The Morgan fingerprint density at radius 3 is 2.32 bits per heavy atom. The van der Waals surface area contributed by atoms with Gasteiger partial charge in [-0.15, -0.1) is 0 Å². The van der Waals surface area contributed by atoms with Crippen LogP contribution in [-0.2, 0) is 21.4 Å². The quantitative estimate of drug-likeness (QED) is 0.493. The molecule has 0 aliphatic carbocycles. The molecule has 6 nitrogen and oxygen atoms in total. The van der Waals surface area contributed by atoms with Crippen molar-refractivity contribution in [1.29, 1.82) is 0 Å². The van der Waals surface area contributed by atoms with Crippen LogP contribution in [0.15, 0.2) is 95.9 Å². The standard InChI is InChI=1S/C27H28N2O4S/c30-27(15-14-22-10-7-11-25(20-22)33-21-23-8-3-1-4-9-23)29-18-16-24(17-19-29)28-34(31,32)26-12-5-2-6-13-26/h1-15,20,24,28H,16-19,21H2/b15-14+. The van der Waals surface area contributed by atoms with Crippen molar-refractivity contribution in [2.24, 2.45) is 0 Å². The molecule has 4 rings (SSSR count). The summed E-state index contributed by atoms with van der Waals surface area (Å²) in [6, 6.07) is 25.7. The van der Waals surface area contributed by atoms with Gasteiger partial charge in [-0.05, 0) is 54.3 Å². The SMILES string of the molecule is O=C(/C=C/c1cccc(OCc2ccccc2)c1)N1CCC(NS(=O)(=O)c2ccccc2)CC1. The number of carbonyl (C=O) groups is 1. The number of benzene rings is 3. The number of nitrogens with one attached hydrogen (secondary N) is 1. The van der Waals surface area contributed by atoms with Gasteiger partial charge in [-0.3, -0.25) is 4.79 Å². The minimum Gasteiger partial charge on any atom is -0.489 e. The average Bonchev–Trinajstić information content (AvgIpc) is 2.88. The third-order valence-corrected chi connectivity index (χ3v) is 7.24. The van der Waals surface area contributed by atoms with E-state index < -0.39 is 10.0 Å². The molecular weight excluding hydrogens is 448 g/mol. The number of sulfonamides is 1. The molecule has 1 N–H and O–H groups in total. The molecule has 3 aromatic carbocycles.